The fraction of sp³-hybridized carbons (Fsp3) is 0.400. The Balaban J connectivity index is 0.000000379. The van der Waals surface area contributed by atoms with Gasteiger partial charge in [0.25, 0.3) is 5.69 Å². The van der Waals surface area contributed by atoms with E-state index in [2.05, 4.69) is 49.9 Å². The van der Waals surface area contributed by atoms with Crippen molar-refractivity contribution in [1.29, 1.82) is 0 Å². The Bertz CT molecular complexity index is 618. The SMILES string of the molecule is Cc1cc([N+](=O)[O-])cc(C)c1C.Cc1nc(C)c(C)[nH]1.[I][V][I]. The van der Waals surface area contributed by atoms with Crippen molar-refractivity contribution in [1.82, 2.24) is 9.97 Å². The number of nitrogens with zero attached hydrogens (tertiary/aromatic N) is 2. The molecule has 0 bridgehead atoms. The minimum atomic E-state index is -0.362. The number of benzene rings is 1. The van der Waals surface area contributed by atoms with Crippen molar-refractivity contribution in [2.45, 2.75) is 41.5 Å². The third kappa shape index (κ3) is 8.50. The first kappa shape index (κ1) is 22.9. The fourth-order valence-corrected chi connectivity index (χ4v) is 1.84. The van der Waals surface area contributed by atoms with Crippen LogP contribution in [0.15, 0.2) is 12.1 Å². The van der Waals surface area contributed by atoms with Gasteiger partial charge in [-0.15, -0.1) is 0 Å². The Labute approximate surface area is 166 Å². The maximum atomic E-state index is 10.4. The predicted octanol–water partition coefficient (Wildman–Crippen LogP) is 5.62. The van der Waals surface area contributed by atoms with Gasteiger partial charge in [-0.05, 0) is 58.2 Å². The molecule has 0 aliphatic carbocycles. The van der Waals surface area contributed by atoms with Gasteiger partial charge < -0.3 is 4.98 Å². The summed E-state index contributed by atoms with van der Waals surface area (Å²) in [7, 11) is 0.628. The molecule has 0 aliphatic rings. The van der Waals surface area contributed by atoms with Crippen molar-refractivity contribution >= 4 is 45.6 Å². The zero-order valence-corrected chi connectivity index (χ0v) is 19.8. The van der Waals surface area contributed by atoms with Gasteiger partial charge in [-0.2, -0.15) is 0 Å². The summed E-state index contributed by atoms with van der Waals surface area (Å²) in [5, 5.41) is 10.4. The second kappa shape index (κ2) is 11.4. The van der Waals surface area contributed by atoms with Crippen LogP contribution in [0.3, 0.4) is 0 Å². The summed E-state index contributed by atoms with van der Waals surface area (Å²) in [4.78, 5) is 17.3. The number of H-pyrrole nitrogens is 1. The van der Waals surface area contributed by atoms with E-state index in [1.165, 1.54) is 5.69 Å². The van der Waals surface area contributed by atoms with E-state index in [4.69, 9.17) is 0 Å². The standard InChI is InChI=1S/C9H11NO2.C6H10N2.2HI.V/c1-6-4-9(10(11)12)5-7(2)8(6)3;1-4-5(2)8-6(3)7-4;;;/h4-5H,1-3H3;1-3H3,(H,7,8);2*1H;/q;;;;+2/p-2. The van der Waals surface area contributed by atoms with Gasteiger partial charge in [0.2, 0.25) is 0 Å². The van der Waals surface area contributed by atoms with Gasteiger partial charge in [0.1, 0.15) is 5.82 Å². The first-order valence-electron chi connectivity index (χ1n) is 6.78. The molecule has 1 aromatic heterocycles. The van der Waals surface area contributed by atoms with E-state index in [9.17, 15) is 10.1 Å². The van der Waals surface area contributed by atoms with Crippen LogP contribution in [0.1, 0.15) is 33.9 Å². The average Bonchev–Trinajstić information content (AvgIpc) is 2.73. The van der Waals surface area contributed by atoms with Crippen LogP contribution in [0.2, 0.25) is 0 Å². The van der Waals surface area contributed by atoms with Gasteiger partial charge in [0, 0.05) is 17.8 Å². The molecule has 0 atom stereocenters. The third-order valence-electron chi connectivity index (χ3n) is 3.37. The number of nitrogens with one attached hydrogen (secondary N) is 1. The van der Waals surface area contributed by atoms with E-state index in [1.807, 2.05) is 41.5 Å². The van der Waals surface area contributed by atoms with Crippen LogP contribution in [0.25, 0.3) is 0 Å². The molecule has 0 radical (unpaired) electrons. The van der Waals surface area contributed by atoms with Crippen molar-refractivity contribution in [2.75, 3.05) is 0 Å². The summed E-state index contributed by atoms with van der Waals surface area (Å²) in [6.45, 7) is 11.7. The molecular formula is C15H21I2N3O2V. The second-order valence-electron chi connectivity index (χ2n) is 5.06. The monoisotopic (exact) mass is 580 g/mol. The van der Waals surface area contributed by atoms with Crippen molar-refractivity contribution in [2.24, 2.45) is 0 Å². The number of aromatic nitrogens is 2. The van der Waals surface area contributed by atoms with Crippen molar-refractivity contribution in [3.63, 3.8) is 0 Å². The number of hydrogen-bond donors (Lipinski definition) is 1. The van der Waals surface area contributed by atoms with Crippen LogP contribution in [0.4, 0.5) is 5.69 Å². The van der Waals surface area contributed by atoms with Crippen molar-refractivity contribution in [3.05, 3.63) is 56.1 Å². The van der Waals surface area contributed by atoms with Crippen LogP contribution in [0.5, 0.6) is 0 Å². The average molecular weight is 580 g/mol. The molecule has 8 heteroatoms. The van der Waals surface area contributed by atoms with Gasteiger partial charge >= 0.3 is 49.4 Å². The predicted molar refractivity (Wildman–Crippen MR) is 108 cm³/mol. The molecule has 2 aromatic rings. The van der Waals surface area contributed by atoms with E-state index in [1.54, 1.807) is 12.1 Å². The molecule has 0 aliphatic heterocycles. The number of aromatic amines is 1. The van der Waals surface area contributed by atoms with E-state index in [0.29, 0.717) is 9.47 Å². The van der Waals surface area contributed by atoms with Crippen molar-refractivity contribution in [3.8, 4) is 0 Å². The van der Waals surface area contributed by atoms with Crippen LogP contribution in [-0.2, 0) is 9.47 Å². The molecule has 0 saturated heterocycles. The molecule has 0 saturated carbocycles. The van der Waals surface area contributed by atoms with Crippen molar-refractivity contribution < 1.29 is 14.4 Å². The number of rotatable bonds is 1. The maximum absolute atomic E-state index is 10.4. The van der Waals surface area contributed by atoms with Crippen LogP contribution in [-0.4, -0.2) is 14.9 Å². The molecule has 1 heterocycles. The quantitative estimate of drug-likeness (QED) is 0.271. The number of hydrogen-bond acceptors (Lipinski definition) is 3. The summed E-state index contributed by atoms with van der Waals surface area (Å²) >= 11 is 4.74. The van der Waals surface area contributed by atoms with E-state index in [0.717, 1.165) is 28.2 Å². The molecule has 5 nitrogen and oxygen atoms in total. The Morgan fingerprint density at radius 3 is 1.74 bits per heavy atom. The fourth-order valence-electron chi connectivity index (χ4n) is 1.84. The van der Waals surface area contributed by atoms with E-state index >= 15 is 0 Å². The summed E-state index contributed by atoms with van der Waals surface area (Å²) in [5.74, 6) is 1.00. The number of non-ortho nitro benzene ring substituents is 1. The van der Waals surface area contributed by atoms with Gasteiger partial charge in [0.05, 0.1) is 10.6 Å². The number of aryl methyl sites for hydroxylation is 5. The van der Waals surface area contributed by atoms with Gasteiger partial charge in [-0.1, -0.05) is 0 Å². The molecule has 0 amide bonds. The first-order valence-corrected chi connectivity index (χ1v) is 15.8. The van der Waals surface area contributed by atoms with Gasteiger partial charge in [-0.3, -0.25) is 10.1 Å². The molecule has 2 rings (SSSR count). The Kier molecular flexibility index (Phi) is 11.4. The molecule has 1 aromatic carbocycles. The molecule has 0 unspecified atom stereocenters. The summed E-state index contributed by atoms with van der Waals surface area (Å²) in [5.41, 5.74) is 5.52. The zero-order valence-electron chi connectivity index (χ0n) is 14.1. The molecular weight excluding hydrogens is 559 g/mol. The summed E-state index contributed by atoms with van der Waals surface area (Å²) in [6.07, 6.45) is 0. The molecule has 0 fully saturated rings. The first-order chi connectivity index (χ1) is 10.6. The van der Waals surface area contributed by atoms with E-state index in [-0.39, 0.29) is 10.6 Å². The zero-order chi connectivity index (χ0) is 18.2. The Hall–Kier alpha value is -0.126. The minimum absolute atomic E-state index is 0.176. The molecule has 127 valence electrons. The number of nitro groups is 1. The third-order valence-corrected chi connectivity index (χ3v) is 3.37. The van der Waals surface area contributed by atoms with E-state index < -0.39 is 0 Å². The van der Waals surface area contributed by atoms with Crippen LogP contribution < -0.4 is 0 Å². The number of imidazole rings is 1. The number of nitro benzene ring substituents is 1. The molecule has 1 N–H and O–H groups in total. The van der Waals surface area contributed by atoms with Crippen LogP contribution in [0, 0.1) is 51.7 Å². The number of halogens is 2. The summed E-state index contributed by atoms with van der Waals surface area (Å²) < 4.78 is 0. The topological polar surface area (TPSA) is 71.8 Å². The Morgan fingerprint density at radius 1 is 1.09 bits per heavy atom. The van der Waals surface area contributed by atoms with Gasteiger partial charge in [-0.25, -0.2) is 4.98 Å². The second-order valence-corrected chi connectivity index (χ2v) is 16.8. The van der Waals surface area contributed by atoms with Gasteiger partial charge in [0.15, 0.2) is 0 Å². The normalized spacial score (nSPS) is 9.22. The molecule has 0 spiro atoms. The summed E-state index contributed by atoms with van der Waals surface area (Å²) in [6, 6.07) is 3.20. The molecule has 23 heavy (non-hydrogen) atoms. The Morgan fingerprint density at radius 2 is 1.52 bits per heavy atom. The van der Waals surface area contributed by atoms with Crippen LogP contribution >= 0.6 is 40.0 Å².